The Labute approximate surface area is 224 Å². The number of fused-ring (bicyclic) bond motifs is 1. The maximum absolute atomic E-state index is 14.0. The summed E-state index contributed by atoms with van der Waals surface area (Å²) in [5.41, 5.74) is -4.61. The summed E-state index contributed by atoms with van der Waals surface area (Å²) in [5, 5.41) is 5.73. The summed E-state index contributed by atoms with van der Waals surface area (Å²) >= 11 is 6.03. The molecule has 0 bridgehead atoms. The average Bonchev–Trinajstić information content (AvgIpc) is 3.36. The fourth-order valence-electron chi connectivity index (χ4n) is 4.33. The minimum Gasteiger partial charge on any atom is -0.368 e. The van der Waals surface area contributed by atoms with Gasteiger partial charge in [-0.25, -0.2) is 4.98 Å². The van der Waals surface area contributed by atoms with Gasteiger partial charge in [0.25, 0.3) is 17.2 Å². The SMILES string of the molecule is [2H]C([2H])([2H])OC(C(=O)NCC1(c2ccc(Cl)cc2)CCC1)(C([2H])([2H])[2H])C([2H])([2H])c1cc(=O)n2[nH]c(-c3ccccc3)nc2n1. The fraction of sp³-hybridized carbons (Fsp3) is 0.333. The molecule has 1 aliphatic rings. The van der Waals surface area contributed by atoms with Gasteiger partial charge in [-0.15, -0.1) is 0 Å². The highest BCUT2D eigenvalue weighted by atomic mass is 35.5. The average molecular weight is 514 g/mol. The van der Waals surface area contributed by atoms with Crippen molar-refractivity contribution < 1.29 is 20.5 Å². The zero-order valence-electron chi connectivity index (χ0n) is 27.0. The van der Waals surface area contributed by atoms with Gasteiger partial charge in [-0.3, -0.25) is 14.7 Å². The highest BCUT2D eigenvalue weighted by Gasteiger charge is 2.41. The van der Waals surface area contributed by atoms with Gasteiger partial charge in [0, 0.05) is 48.9 Å². The molecule has 0 saturated heterocycles. The Kier molecular flexibility index (Phi) is 4.31. The van der Waals surface area contributed by atoms with Crippen molar-refractivity contribution in [3.8, 4) is 11.4 Å². The molecule has 2 aromatic carbocycles. The van der Waals surface area contributed by atoms with E-state index >= 15 is 0 Å². The Morgan fingerprint density at radius 3 is 2.69 bits per heavy atom. The van der Waals surface area contributed by atoms with Crippen LogP contribution in [0.3, 0.4) is 0 Å². The van der Waals surface area contributed by atoms with E-state index in [2.05, 4.69) is 20.4 Å². The number of nitrogens with zero attached hydrogens (tertiary/aromatic N) is 3. The largest absolute Gasteiger partial charge is 0.368 e. The molecule has 1 aliphatic carbocycles. The van der Waals surface area contributed by atoms with Crippen molar-refractivity contribution in [2.24, 2.45) is 0 Å². The first-order valence-corrected chi connectivity index (χ1v) is 11.7. The van der Waals surface area contributed by atoms with E-state index in [0.29, 0.717) is 29.5 Å². The molecule has 1 atom stereocenters. The van der Waals surface area contributed by atoms with Crippen LogP contribution in [0.15, 0.2) is 65.5 Å². The molecule has 0 aliphatic heterocycles. The maximum atomic E-state index is 14.0. The van der Waals surface area contributed by atoms with Gasteiger partial charge in [0.15, 0.2) is 5.82 Å². The predicted molar refractivity (Wildman–Crippen MR) is 138 cm³/mol. The van der Waals surface area contributed by atoms with Crippen LogP contribution >= 0.6 is 11.6 Å². The summed E-state index contributed by atoms with van der Waals surface area (Å²) in [5.74, 6) is -1.66. The van der Waals surface area contributed by atoms with Crippen LogP contribution < -0.4 is 10.9 Å². The normalized spacial score (nSPS) is 20.7. The second-order valence-corrected chi connectivity index (χ2v) is 9.22. The van der Waals surface area contributed by atoms with Gasteiger partial charge in [0.1, 0.15) is 5.60 Å². The number of benzene rings is 2. The molecule has 1 amide bonds. The molecule has 1 unspecified atom stereocenters. The van der Waals surface area contributed by atoms with E-state index < -0.39 is 48.4 Å². The van der Waals surface area contributed by atoms with E-state index in [9.17, 15) is 9.59 Å². The van der Waals surface area contributed by atoms with Crippen LogP contribution in [0.5, 0.6) is 0 Å². The van der Waals surface area contributed by atoms with Crippen molar-refractivity contribution in [2.75, 3.05) is 13.6 Å². The Hall–Kier alpha value is -3.49. The third-order valence-corrected chi connectivity index (χ3v) is 6.76. The third-order valence-electron chi connectivity index (χ3n) is 6.51. The fourth-order valence-corrected chi connectivity index (χ4v) is 4.45. The number of halogens is 1. The lowest BCUT2D eigenvalue weighted by atomic mass is 9.64. The Morgan fingerprint density at radius 1 is 1.25 bits per heavy atom. The van der Waals surface area contributed by atoms with Gasteiger partial charge in [0.2, 0.25) is 0 Å². The van der Waals surface area contributed by atoms with Gasteiger partial charge in [-0.1, -0.05) is 60.5 Å². The molecule has 8 nitrogen and oxygen atoms in total. The van der Waals surface area contributed by atoms with Crippen molar-refractivity contribution >= 4 is 23.3 Å². The monoisotopic (exact) mass is 513 g/mol. The molecule has 2 heterocycles. The van der Waals surface area contributed by atoms with Gasteiger partial charge >= 0.3 is 0 Å². The van der Waals surface area contributed by atoms with Crippen LogP contribution in [0.2, 0.25) is 5.02 Å². The van der Waals surface area contributed by atoms with Gasteiger partial charge in [0.05, 0.1) is 9.81 Å². The number of methoxy groups -OCH3 is 1. The number of hydrogen-bond donors (Lipinski definition) is 2. The summed E-state index contributed by atoms with van der Waals surface area (Å²) < 4.78 is 71.9. The zero-order chi connectivity index (χ0) is 32.1. The van der Waals surface area contributed by atoms with Gasteiger partial charge < -0.3 is 10.1 Å². The highest BCUT2D eigenvalue weighted by molar-refractivity contribution is 6.30. The number of H-pyrrole nitrogens is 1. The number of hydrogen-bond acceptors (Lipinski definition) is 5. The molecule has 2 N–H and O–H groups in total. The third kappa shape index (κ3) is 4.54. The summed E-state index contributed by atoms with van der Waals surface area (Å²) in [6.45, 7) is -3.84. The van der Waals surface area contributed by atoms with Crippen molar-refractivity contribution in [2.45, 2.75) is 43.5 Å². The zero-order valence-corrected chi connectivity index (χ0v) is 19.8. The molecule has 0 radical (unpaired) electrons. The number of aromatic amines is 1. The lowest BCUT2D eigenvalue weighted by molar-refractivity contribution is -0.142. The second-order valence-electron chi connectivity index (χ2n) is 8.78. The number of nitrogens with one attached hydrogen (secondary N) is 2. The number of aromatic nitrogens is 4. The molecule has 9 heteroatoms. The minimum atomic E-state index is -3.70. The van der Waals surface area contributed by atoms with E-state index in [1.54, 1.807) is 54.6 Å². The number of ether oxygens (including phenoxy) is 1. The Morgan fingerprint density at radius 2 is 2.03 bits per heavy atom. The van der Waals surface area contributed by atoms with Crippen molar-refractivity contribution in [1.82, 2.24) is 24.9 Å². The predicted octanol–water partition coefficient (Wildman–Crippen LogP) is 3.92. The lowest BCUT2D eigenvalue weighted by Crippen LogP contribution is -2.53. The first-order chi connectivity index (χ1) is 20.5. The van der Waals surface area contributed by atoms with Gasteiger partial charge in [-0.2, -0.15) is 9.50 Å². The smallest absolute Gasteiger partial charge is 0.274 e. The molecular formula is C27H28ClN5O3. The van der Waals surface area contributed by atoms with Crippen molar-refractivity contribution in [3.63, 3.8) is 0 Å². The standard InChI is InChI=1S/C27H28ClN5O3/c1-26(36-2,24(35)29-17-27(13-6-14-27)19-9-11-20(28)12-10-19)16-21-15-22(34)33-25(30-21)31-23(32-33)18-7-4-3-5-8-18/h3-5,7-12,15H,6,13-14,16-17H2,1-2H3,(H,29,35)(H,30,31,32)/i1D3,2D3,16D2. The quantitative estimate of drug-likeness (QED) is 0.372. The molecule has 1 saturated carbocycles. The topological polar surface area (TPSA) is 101 Å². The molecule has 36 heavy (non-hydrogen) atoms. The number of amides is 1. The van der Waals surface area contributed by atoms with E-state index in [0.717, 1.165) is 16.5 Å². The molecule has 186 valence electrons. The number of carbonyl (C=O) groups excluding carboxylic acids is 1. The summed E-state index contributed by atoms with van der Waals surface area (Å²) in [6, 6.07) is 16.3. The minimum absolute atomic E-state index is 0.138. The van der Waals surface area contributed by atoms with Crippen LogP contribution in [0, 0.1) is 0 Å². The Balaban J connectivity index is 1.59. The van der Waals surface area contributed by atoms with Crippen molar-refractivity contribution in [1.29, 1.82) is 0 Å². The second kappa shape index (κ2) is 9.52. The maximum Gasteiger partial charge on any atom is 0.274 e. The first-order valence-electron chi connectivity index (χ1n) is 15.3. The molecule has 5 rings (SSSR count). The molecule has 2 aromatic heterocycles. The first kappa shape index (κ1) is 16.3. The van der Waals surface area contributed by atoms with Crippen LogP contribution in [0.1, 0.15) is 48.3 Å². The van der Waals surface area contributed by atoms with E-state index in [1.165, 1.54) is 0 Å². The van der Waals surface area contributed by atoms with Crippen LogP contribution in [0.25, 0.3) is 17.2 Å². The van der Waals surface area contributed by atoms with E-state index in [-0.39, 0.29) is 18.1 Å². The van der Waals surface area contributed by atoms with Crippen LogP contribution in [0.4, 0.5) is 0 Å². The van der Waals surface area contributed by atoms with Gasteiger partial charge in [-0.05, 0) is 37.4 Å². The molecule has 1 fully saturated rings. The molecular weight excluding hydrogens is 478 g/mol. The lowest BCUT2D eigenvalue weighted by Gasteiger charge is -2.43. The Bertz CT molecular complexity index is 1730. The molecule has 0 spiro atoms. The van der Waals surface area contributed by atoms with Crippen LogP contribution in [-0.4, -0.2) is 44.7 Å². The number of rotatable bonds is 8. The highest BCUT2D eigenvalue weighted by Crippen LogP contribution is 2.43. The van der Waals surface area contributed by atoms with Crippen molar-refractivity contribution in [3.05, 3.63) is 87.3 Å². The summed E-state index contributed by atoms with van der Waals surface area (Å²) in [7, 11) is -3.55. The summed E-state index contributed by atoms with van der Waals surface area (Å²) in [6.07, 6.45) is -1.41. The van der Waals surface area contributed by atoms with E-state index in [4.69, 9.17) is 27.3 Å². The van der Waals surface area contributed by atoms with E-state index in [1.807, 2.05) is 0 Å². The summed E-state index contributed by atoms with van der Waals surface area (Å²) in [4.78, 5) is 35.4. The molecule has 4 aromatic rings. The number of carbonyl (C=O) groups is 1. The van der Waals surface area contributed by atoms with Crippen LogP contribution in [-0.2, 0) is 21.3 Å².